The standard InChI is InChI=1S/C14H26N2O3/c1-10-4-5-15(13(10)9-17)8-14(18)16-6-11(2)19-12(3)7-16/h10-13,17H,4-9H2,1-3H3. The lowest BCUT2D eigenvalue weighted by molar-refractivity contribution is -0.144. The summed E-state index contributed by atoms with van der Waals surface area (Å²) in [7, 11) is 0. The number of carbonyl (C=O) groups excluding carboxylic acids is 1. The van der Waals surface area contributed by atoms with Crippen molar-refractivity contribution in [2.75, 3.05) is 32.8 Å². The average molecular weight is 270 g/mol. The van der Waals surface area contributed by atoms with Crippen LogP contribution < -0.4 is 0 Å². The Morgan fingerprint density at radius 3 is 2.47 bits per heavy atom. The van der Waals surface area contributed by atoms with Gasteiger partial charge in [-0.3, -0.25) is 9.69 Å². The highest BCUT2D eigenvalue weighted by Crippen LogP contribution is 2.23. The molecule has 2 fully saturated rings. The maximum Gasteiger partial charge on any atom is 0.236 e. The van der Waals surface area contributed by atoms with Crippen LogP contribution in [0.15, 0.2) is 0 Å². The van der Waals surface area contributed by atoms with Crippen LogP contribution in [0.4, 0.5) is 0 Å². The smallest absolute Gasteiger partial charge is 0.236 e. The molecule has 0 bridgehead atoms. The molecule has 5 heteroatoms. The van der Waals surface area contributed by atoms with Crippen LogP contribution in [-0.2, 0) is 9.53 Å². The summed E-state index contributed by atoms with van der Waals surface area (Å²) in [6.07, 6.45) is 1.28. The second kappa shape index (κ2) is 6.20. The van der Waals surface area contributed by atoms with Crippen LogP contribution in [0, 0.1) is 5.92 Å². The number of rotatable bonds is 3. The van der Waals surface area contributed by atoms with Crippen LogP contribution >= 0.6 is 0 Å². The van der Waals surface area contributed by atoms with E-state index in [1.54, 1.807) is 0 Å². The monoisotopic (exact) mass is 270 g/mol. The van der Waals surface area contributed by atoms with Crippen LogP contribution in [0.2, 0.25) is 0 Å². The molecular formula is C14H26N2O3. The summed E-state index contributed by atoms with van der Waals surface area (Å²) in [5.41, 5.74) is 0. The van der Waals surface area contributed by atoms with E-state index < -0.39 is 0 Å². The Labute approximate surface area is 115 Å². The highest BCUT2D eigenvalue weighted by Gasteiger charge is 2.34. The molecule has 2 rings (SSSR count). The Balaban J connectivity index is 1.90. The number of likely N-dealkylation sites (tertiary alicyclic amines) is 1. The van der Waals surface area contributed by atoms with Crippen molar-refractivity contribution in [3.8, 4) is 0 Å². The first-order valence-corrected chi connectivity index (χ1v) is 7.29. The lowest BCUT2D eigenvalue weighted by Gasteiger charge is -2.36. The fourth-order valence-corrected chi connectivity index (χ4v) is 3.23. The molecule has 2 heterocycles. The molecule has 0 aromatic heterocycles. The molecule has 4 atom stereocenters. The van der Waals surface area contributed by atoms with Gasteiger partial charge >= 0.3 is 0 Å². The van der Waals surface area contributed by atoms with Gasteiger partial charge in [0, 0.05) is 19.1 Å². The number of morpholine rings is 1. The molecule has 0 aromatic carbocycles. The van der Waals surface area contributed by atoms with Gasteiger partial charge in [-0.2, -0.15) is 0 Å². The highest BCUT2D eigenvalue weighted by atomic mass is 16.5. The van der Waals surface area contributed by atoms with Gasteiger partial charge in [0.05, 0.1) is 25.4 Å². The Morgan fingerprint density at radius 1 is 1.26 bits per heavy atom. The maximum absolute atomic E-state index is 12.4. The molecule has 110 valence electrons. The van der Waals surface area contributed by atoms with Gasteiger partial charge in [-0.25, -0.2) is 0 Å². The molecule has 2 aliphatic heterocycles. The zero-order valence-electron chi connectivity index (χ0n) is 12.2. The van der Waals surface area contributed by atoms with Crippen LogP contribution in [-0.4, -0.2) is 71.8 Å². The number of nitrogens with zero attached hydrogens (tertiary/aromatic N) is 2. The summed E-state index contributed by atoms with van der Waals surface area (Å²) in [6.45, 7) is 8.98. The minimum atomic E-state index is 0.110. The van der Waals surface area contributed by atoms with E-state index in [-0.39, 0.29) is 30.8 Å². The molecule has 0 saturated carbocycles. The maximum atomic E-state index is 12.4. The Kier molecular flexibility index (Phi) is 4.81. The van der Waals surface area contributed by atoms with Gasteiger partial charge < -0.3 is 14.7 Å². The number of hydrogen-bond acceptors (Lipinski definition) is 4. The third-order valence-electron chi connectivity index (χ3n) is 4.30. The molecule has 0 spiro atoms. The second-order valence-electron chi connectivity index (χ2n) is 6.04. The van der Waals surface area contributed by atoms with Crippen molar-refractivity contribution in [1.29, 1.82) is 0 Å². The van der Waals surface area contributed by atoms with E-state index >= 15 is 0 Å². The lowest BCUT2D eigenvalue weighted by Crippen LogP contribution is -2.52. The number of ether oxygens (including phenoxy) is 1. The van der Waals surface area contributed by atoms with Crippen LogP contribution in [0.5, 0.6) is 0 Å². The normalized spacial score (nSPS) is 36.7. The van der Waals surface area contributed by atoms with Gasteiger partial charge in [0.15, 0.2) is 0 Å². The molecular weight excluding hydrogens is 244 g/mol. The minimum Gasteiger partial charge on any atom is -0.395 e. The van der Waals surface area contributed by atoms with Gasteiger partial charge in [-0.15, -0.1) is 0 Å². The van der Waals surface area contributed by atoms with Gasteiger partial charge in [0.1, 0.15) is 0 Å². The van der Waals surface area contributed by atoms with Crippen LogP contribution in [0.3, 0.4) is 0 Å². The average Bonchev–Trinajstić information content (AvgIpc) is 2.68. The molecule has 2 aliphatic rings. The SMILES string of the molecule is CC1CN(C(=O)CN2CCC(C)C2CO)CC(C)O1. The van der Waals surface area contributed by atoms with Gasteiger partial charge in [0.2, 0.25) is 5.91 Å². The number of aliphatic hydroxyl groups excluding tert-OH is 1. The topological polar surface area (TPSA) is 53.0 Å². The summed E-state index contributed by atoms with van der Waals surface area (Å²) in [5, 5.41) is 9.43. The zero-order valence-corrected chi connectivity index (χ0v) is 12.2. The molecule has 5 nitrogen and oxygen atoms in total. The van der Waals surface area contributed by atoms with Crippen molar-refractivity contribution >= 4 is 5.91 Å². The van der Waals surface area contributed by atoms with Crippen LogP contribution in [0.1, 0.15) is 27.2 Å². The quantitative estimate of drug-likeness (QED) is 0.803. The molecule has 0 aromatic rings. The summed E-state index contributed by atoms with van der Waals surface area (Å²) in [6, 6.07) is 0.139. The van der Waals surface area contributed by atoms with Crippen molar-refractivity contribution in [3.05, 3.63) is 0 Å². The second-order valence-corrected chi connectivity index (χ2v) is 6.04. The van der Waals surface area contributed by atoms with E-state index in [1.165, 1.54) is 0 Å². The van der Waals surface area contributed by atoms with E-state index in [9.17, 15) is 9.90 Å². The Bertz CT molecular complexity index is 314. The first-order valence-electron chi connectivity index (χ1n) is 7.29. The molecule has 1 amide bonds. The van der Waals surface area contributed by atoms with E-state index in [4.69, 9.17) is 4.74 Å². The van der Waals surface area contributed by atoms with E-state index in [0.29, 0.717) is 25.6 Å². The third kappa shape index (κ3) is 3.46. The largest absolute Gasteiger partial charge is 0.395 e. The van der Waals surface area contributed by atoms with Crippen LogP contribution in [0.25, 0.3) is 0 Å². The van der Waals surface area contributed by atoms with Gasteiger partial charge in [-0.1, -0.05) is 6.92 Å². The Morgan fingerprint density at radius 2 is 1.89 bits per heavy atom. The molecule has 0 aliphatic carbocycles. The number of hydrogen-bond donors (Lipinski definition) is 1. The number of amides is 1. The van der Waals surface area contributed by atoms with Crippen molar-refractivity contribution < 1.29 is 14.6 Å². The van der Waals surface area contributed by atoms with Crippen molar-refractivity contribution in [2.45, 2.75) is 45.4 Å². The van der Waals surface area contributed by atoms with E-state index in [2.05, 4.69) is 11.8 Å². The van der Waals surface area contributed by atoms with Crippen molar-refractivity contribution in [2.24, 2.45) is 5.92 Å². The molecule has 4 unspecified atom stereocenters. The predicted octanol–water partition coefficient (Wildman–Crippen LogP) is 0.325. The summed E-state index contributed by atoms with van der Waals surface area (Å²) < 4.78 is 5.65. The van der Waals surface area contributed by atoms with Gasteiger partial charge in [-0.05, 0) is 32.7 Å². The van der Waals surface area contributed by atoms with Gasteiger partial charge in [0.25, 0.3) is 0 Å². The molecule has 0 radical (unpaired) electrons. The minimum absolute atomic E-state index is 0.110. The third-order valence-corrected chi connectivity index (χ3v) is 4.30. The number of carbonyl (C=O) groups is 1. The summed E-state index contributed by atoms with van der Waals surface area (Å²) in [4.78, 5) is 16.4. The fourth-order valence-electron chi connectivity index (χ4n) is 3.23. The molecule has 2 saturated heterocycles. The zero-order chi connectivity index (χ0) is 14.0. The lowest BCUT2D eigenvalue weighted by atomic mass is 10.0. The fraction of sp³-hybridized carbons (Fsp3) is 0.929. The van der Waals surface area contributed by atoms with E-state index in [0.717, 1.165) is 13.0 Å². The predicted molar refractivity (Wildman–Crippen MR) is 72.8 cm³/mol. The molecule has 19 heavy (non-hydrogen) atoms. The molecule has 1 N–H and O–H groups in total. The van der Waals surface area contributed by atoms with Crippen molar-refractivity contribution in [3.63, 3.8) is 0 Å². The Hall–Kier alpha value is -0.650. The van der Waals surface area contributed by atoms with E-state index in [1.807, 2.05) is 18.7 Å². The van der Waals surface area contributed by atoms with Crippen molar-refractivity contribution in [1.82, 2.24) is 9.80 Å². The highest BCUT2D eigenvalue weighted by molar-refractivity contribution is 5.78. The summed E-state index contributed by atoms with van der Waals surface area (Å²) in [5.74, 6) is 0.634. The first-order chi connectivity index (χ1) is 9.01. The summed E-state index contributed by atoms with van der Waals surface area (Å²) >= 11 is 0. The number of aliphatic hydroxyl groups is 1. The first kappa shape index (κ1) is 14.8.